The maximum atomic E-state index is 10.1. The molecule has 0 spiro atoms. The van der Waals surface area contributed by atoms with E-state index in [2.05, 4.69) is 11.7 Å². The Morgan fingerprint density at radius 3 is 2.79 bits per heavy atom. The Labute approximate surface area is 86.2 Å². The lowest BCUT2D eigenvalue weighted by Crippen LogP contribution is -2.53. The second-order valence-electron chi connectivity index (χ2n) is 4.84. The molecular formula is C10H20BNO2. The highest BCUT2D eigenvalue weighted by Crippen LogP contribution is 2.49. The van der Waals surface area contributed by atoms with Crippen molar-refractivity contribution in [3.05, 3.63) is 0 Å². The molecule has 2 fully saturated rings. The van der Waals surface area contributed by atoms with Gasteiger partial charge < -0.3 is 14.9 Å². The minimum atomic E-state index is -0.411. The molecule has 2 bridgehead atoms. The molecule has 0 aromatic rings. The molecule has 0 radical (unpaired) electrons. The van der Waals surface area contributed by atoms with Gasteiger partial charge in [-0.25, -0.2) is 0 Å². The molecular weight excluding hydrogens is 177 g/mol. The summed E-state index contributed by atoms with van der Waals surface area (Å²) < 4.78 is 0. The first kappa shape index (κ1) is 10.5. The molecule has 14 heavy (non-hydrogen) atoms. The van der Waals surface area contributed by atoms with Crippen molar-refractivity contribution >= 4 is 7.05 Å². The number of hydrogen-bond acceptors (Lipinski definition) is 3. The molecule has 2 saturated heterocycles. The third-order valence-electron chi connectivity index (χ3n) is 4.02. The van der Waals surface area contributed by atoms with E-state index < -0.39 is 7.05 Å². The lowest BCUT2D eigenvalue weighted by molar-refractivity contribution is 0.0536. The molecule has 2 N–H and O–H groups in total. The first-order chi connectivity index (χ1) is 6.62. The fourth-order valence-corrected chi connectivity index (χ4v) is 3.63. The van der Waals surface area contributed by atoms with Crippen LogP contribution in [0.2, 0.25) is 6.82 Å². The van der Waals surface area contributed by atoms with Gasteiger partial charge in [-0.2, -0.15) is 0 Å². The number of fused-ring (bicyclic) bond motifs is 2. The summed E-state index contributed by atoms with van der Waals surface area (Å²) in [7, 11) is -0.411. The Balaban J connectivity index is 2.24. The van der Waals surface area contributed by atoms with Crippen LogP contribution < -0.4 is 0 Å². The van der Waals surface area contributed by atoms with Crippen LogP contribution in [-0.2, 0) is 0 Å². The number of rotatable bonds is 3. The molecule has 0 aromatic heterocycles. The first-order valence-electron chi connectivity index (χ1n) is 5.76. The van der Waals surface area contributed by atoms with Gasteiger partial charge >= 0.3 is 7.05 Å². The van der Waals surface area contributed by atoms with E-state index in [1.165, 1.54) is 0 Å². The normalized spacial score (nSPS) is 42.0. The fourth-order valence-electron chi connectivity index (χ4n) is 3.63. The second-order valence-corrected chi connectivity index (χ2v) is 4.84. The lowest BCUT2D eigenvalue weighted by Gasteiger charge is -2.38. The van der Waals surface area contributed by atoms with Crippen LogP contribution in [0.5, 0.6) is 0 Å². The van der Waals surface area contributed by atoms with Gasteiger partial charge in [-0.05, 0) is 32.5 Å². The van der Waals surface area contributed by atoms with Gasteiger partial charge in [0.25, 0.3) is 0 Å². The van der Waals surface area contributed by atoms with Gasteiger partial charge in [0.05, 0.1) is 6.10 Å². The molecule has 2 heterocycles. The van der Waals surface area contributed by atoms with Gasteiger partial charge in [0.1, 0.15) is 0 Å². The Kier molecular flexibility index (Phi) is 2.62. The highest BCUT2D eigenvalue weighted by atomic mass is 16.3. The van der Waals surface area contributed by atoms with E-state index in [1.54, 1.807) is 0 Å². The molecule has 0 aromatic carbocycles. The standard InChI is InChI=1S/C10H20BNO2/c1-3-5-10-6-4-8(7-9(10)13)12(10)11(2)14/h8-9,13-14H,3-7H2,1-2H3. The first-order valence-corrected chi connectivity index (χ1v) is 5.76. The number of aliphatic hydroxyl groups excluding tert-OH is 1. The average molecular weight is 197 g/mol. The zero-order chi connectivity index (χ0) is 10.3. The van der Waals surface area contributed by atoms with Gasteiger partial charge in [-0.3, -0.25) is 0 Å². The van der Waals surface area contributed by atoms with Crippen LogP contribution in [0, 0.1) is 0 Å². The van der Waals surface area contributed by atoms with Gasteiger partial charge in [-0.1, -0.05) is 13.3 Å². The largest absolute Gasteiger partial charge is 0.437 e. The predicted molar refractivity (Wildman–Crippen MR) is 57.0 cm³/mol. The van der Waals surface area contributed by atoms with Gasteiger partial charge in [0.15, 0.2) is 0 Å². The molecule has 3 nitrogen and oxygen atoms in total. The Bertz CT molecular complexity index is 224. The van der Waals surface area contributed by atoms with E-state index in [0.717, 1.165) is 32.1 Å². The Hall–Kier alpha value is -0.0551. The zero-order valence-corrected chi connectivity index (χ0v) is 9.11. The van der Waals surface area contributed by atoms with Crippen LogP contribution >= 0.6 is 0 Å². The van der Waals surface area contributed by atoms with Gasteiger partial charge in [0, 0.05) is 11.6 Å². The minimum absolute atomic E-state index is 0.104. The van der Waals surface area contributed by atoms with Crippen molar-refractivity contribution in [3.8, 4) is 0 Å². The Morgan fingerprint density at radius 2 is 2.29 bits per heavy atom. The summed E-state index contributed by atoms with van der Waals surface area (Å²) >= 11 is 0. The van der Waals surface area contributed by atoms with E-state index in [9.17, 15) is 10.1 Å². The zero-order valence-electron chi connectivity index (χ0n) is 9.11. The number of nitrogens with zero attached hydrogens (tertiary/aromatic N) is 1. The molecule has 2 aliphatic heterocycles. The summed E-state index contributed by atoms with van der Waals surface area (Å²) in [6, 6.07) is 0.413. The lowest BCUT2D eigenvalue weighted by atomic mass is 9.76. The predicted octanol–water partition coefficient (Wildman–Crippen LogP) is 0.865. The fraction of sp³-hybridized carbons (Fsp3) is 1.00. The van der Waals surface area contributed by atoms with Crippen molar-refractivity contribution in [2.45, 2.75) is 63.5 Å². The average Bonchev–Trinajstić information content (AvgIpc) is 2.56. The highest BCUT2D eigenvalue weighted by Gasteiger charge is 2.58. The smallest absolute Gasteiger partial charge is 0.377 e. The van der Waals surface area contributed by atoms with Crippen molar-refractivity contribution in [2.75, 3.05) is 0 Å². The molecule has 80 valence electrons. The van der Waals surface area contributed by atoms with Crippen LogP contribution in [0.3, 0.4) is 0 Å². The van der Waals surface area contributed by atoms with Crippen molar-refractivity contribution < 1.29 is 10.1 Å². The van der Waals surface area contributed by atoms with E-state index in [-0.39, 0.29) is 11.6 Å². The Morgan fingerprint density at radius 1 is 1.57 bits per heavy atom. The summed E-state index contributed by atoms with van der Waals surface area (Å²) in [6.07, 6.45) is 4.91. The van der Waals surface area contributed by atoms with Crippen LogP contribution in [0.1, 0.15) is 39.0 Å². The summed E-state index contributed by atoms with van der Waals surface area (Å²) in [6.45, 7) is 3.97. The topological polar surface area (TPSA) is 43.7 Å². The number of hydrogen-bond donors (Lipinski definition) is 2. The number of aliphatic hydroxyl groups is 1. The van der Waals surface area contributed by atoms with Gasteiger partial charge in [0.2, 0.25) is 0 Å². The van der Waals surface area contributed by atoms with Crippen molar-refractivity contribution in [1.29, 1.82) is 0 Å². The van der Waals surface area contributed by atoms with Crippen LogP contribution in [0.4, 0.5) is 0 Å². The van der Waals surface area contributed by atoms with Crippen LogP contribution in [-0.4, -0.2) is 39.7 Å². The third-order valence-corrected chi connectivity index (χ3v) is 4.02. The van der Waals surface area contributed by atoms with Crippen molar-refractivity contribution in [1.82, 2.24) is 4.81 Å². The summed E-state index contributed by atoms with van der Waals surface area (Å²) in [4.78, 5) is 2.15. The molecule has 2 rings (SSSR count). The molecule has 0 aliphatic carbocycles. The summed E-state index contributed by atoms with van der Waals surface area (Å²) in [5.74, 6) is 0. The van der Waals surface area contributed by atoms with Gasteiger partial charge in [-0.15, -0.1) is 0 Å². The van der Waals surface area contributed by atoms with Crippen LogP contribution in [0.15, 0.2) is 0 Å². The maximum absolute atomic E-state index is 10.1. The van der Waals surface area contributed by atoms with E-state index in [1.807, 2.05) is 6.82 Å². The van der Waals surface area contributed by atoms with Crippen molar-refractivity contribution in [3.63, 3.8) is 0 Å². The van der Waals surface area contributed by atoms with Crippen LogP contribution in [0.25, 0.3) is 0 Å². The summed E-state index contributed by atoms with van der Waals surface area (Å²) in [5, 5.41) is 19.8. The molecule has 0 amide bonds. The summed E-state index contributed by atoms with van der Waals surface area (Å²) in [5.41, 5.74) is -0.104. The highest BCUT2D eigenvalue weighted by molar-refractivity contribution is 6.45. The quantitative estimate of drug-likeness (QED) is 0.659. The molecule has 4 heteroatoms. The molecule has 3 unspecified atom stereocenters. The maximum Gasteiger partial charge on any atom is 0.377 e. The molecule has 2 aliphatic rings. The van der Waals surface area contributed by atoms with E-state index in [4.69, 9.17) is 0 Å². The third kappa shape index (κ3) is 1.24. The molecule has 3 atom stereocenters. The van der Waals surface area contributed by atoms with E-state index in [0.29, 0.717) is 6.04 Å². The second kappa shape index (κ2) is 3.51. The monoisotopic (exact) mass is 197 g/mol. The molecule has 0 saturated carbocycles. The van der Waals surface area contributed by atoms with E-state index >= 15 is 0 Å². The van der Waals surface area contributed by atoms with Crippen molar-refractivity contribution in [2.24, 2.45) is 0 Å². The minimum Gasteiger partial charge on any atom is -0.437 e. The SMILES string of the molecule is CCCC12CCC(CC1O)N2B(C)O.